The molecule has 0 bridgehead atoms. The van der Waals surface area contributed by atoms with E-state index in [0.29, 0.717) is 5.89 Å². The molecule has 0 amide bonds. The van der Waals surface area contributed by atoms with E-state index in [4.69, 9.17) is 14.9 Å². The standard InChI is InChI=1S/C13H14N2O3S/c1-3-17-13(16)10-11(14)18-12(15-10)8-6-4-5-7-9(8)19-2/h4-7H,3,14H2,1-2H3. The average molecular weight is 278 g/mol. The van der Waals surface area contributed by atoms with Gasteiger partial charge in [-0.1, -0.05) is 12.1 Å². The van der Waals surface area contributed by atoms with Crippen LogP contribution in [0.25, 0.3) is 11.5 Å². The second-order valence-electron chi connectivity index (χ2n) is 3.65. The molecule has 1 heterocycles. The number of nitrogens with zero attached hydrogens (tertiary/aromatic N) is 1. The lowest BCUT2D eigenvalue weighted by Gasteiger charge is -2.01. The van der Waals surface area contributed by atoms with Crippen molar-refractivity contribution >= 4 is 23.6 Å². The highest BCUT2D eigenvalue weighted by Crippen LogP contribution is 2.31. The Balaban J connectivity index is 2.42. The zero-order chi connectivity index (χ0) is 13.8. The average Bonchev–Trinajstić information content (AvgIpc) is 2.81. The molecule has 0 atom stereocenters. The molecule has 0 spiro atoms. The predicted octanol–water partition coefficient (Wildman–Crippen LogP) is 2.82. The number of benzene rings is 1. The molecule has 100 valence electrons. The number of nitrogen functional groups attached to an aromatic ring is 1. The van der Waals surface area contributed by atoms with Gasteiger partial charge in [0.05, 0.1) is 12.2 Å². The summed E-state index contributed by atoms with van der Waals surface area (Å²) < 4.78 is 10.2. The first kappa shape index (κ1) is 13.5. The van der Waals surface area contributed by atoms with E-state index < -0.39 is 5.97 Å². The van der Waals surface area contributed by atoms with Gasteiger partial charge in [0.25, 0.3) is 0 Å². The maximum Gasteiger partial charge on any atom is 0.362 e. The van der Waals surface area contributed by atoms with E-state index in [2.05, 4.69) is 4.98 Å². The summed E-state index contributed by atoms with van der Waals surface area (Å²) in [7, 11) is 0. The molecule has 0 aliphatic rings. The highest BCUT2D eigenvalue weighted by molar-refractivity contribution is 7.98. The van der Waals surface area contributed by atoms with Crippen molar-refractivity contribution in [2.45, 2.75) is 11.8 Å². The minimum atomic E-state index is -0.573. The lowest BCUT2D eigenvalue weighted by atomic mass is 10.2. The van der Waals surface area contributed by atoms with Crippen LogP contribution in [0.2, 0.25) is 0 Å². The van der Waals surface area contributed by atoms with Crippen molar-refractivity contribution < 1.29 is 13.9 Å². The Labute approximate surface area is 115 Å². The highest BCUT2D eigenvalue weighted by atomic mass is 32.2. The van der Waals surface area contributed by atoms with Crippen LogP contribution in [0.5, 0.6) is 0 Å². The second-order valence-corrected chi connectivity index (χ2v) is 4.50. The molecule has 1 aromatic heterocycles. The number of esters is 1. The summed E-state index contributed by atoms with van der Waals surface area (Å²) in [6.45, 7) is 1.99. The van der Waals surface area contributed by atoms with E-state index >= 15 is 0 Å². The molecule has 0 saturated heterocycles. The smallest absolute Gasteiger partial charge is 0.362 e. The van der Waals surface area contributed by atoms with E-state index in [1.807, 2.05) is 30.5 Å². The molecule has 19 heavy (non-hydrogen) atoms. The third-order valence-electron chi connectivity index (χ3n) is 2.46. The first-order chi connectivity index (χ1) is 9.17. The maximum atomic E-state index is 11.6. The van der Waals surface area contributed by atoms with Gasteiger partial charge in [-0.25, -0.2) is 4.79 Å². The molecule has 2 N–H and O–H groups in total. The number of oxazole rings is 1. The van der Waals surface area contributed by atoms with Gasteiger partial charge in [-0.15, -0.1) is 11.8 Å². The molecule has 0 aliphatic heterocycles. The van der Waals surface area contributed by atoms with Gasteiger partial charge in [-0.2, -0.15) is 4.98 Å². The normalized spacial score (nSPS) is 10.4. The van der Waals surface area contributed by atoms with Crippen LogP contribution in [0, 0.1) is 0 Å². The fraction of sp³-hybridized carbons (Fsp3) is 0.231. The van der Waals surface area contributed by atoms with Gasteiger partial charge in [0.15, 0.2) is 0 Å². The van der Waals surface area contributed by atoms with E-state index in [-0.39, 0.29) is 18.2 Å². The Hall–Kier alpha value is -1.95. The van der Waals surface area contributed by atoms with Crippen LogP contribution in [-0.2, 0) is 4.74 Å². The molecule has 6 heteroatoms. The van der Waals surface area contributed by atoms with Crippen molar-refractivity contribution in [3.63, 3.8) is 0 Å². The number of thioether (sulfide) groups is 1. The highest BCUT2D eigenvalue weighted by Gasteiger charge is 2.21. The Morgan fingerprint density at radius 2 is 2.21 bits per heavy atom. The van der Waals surface area contributed by atoms with Crippen molar-refractivity contribution in [1.29, 1.82) is 0 Å². The number of carbonyl (C=O) groups excluding carboxylic acids is 1. The zero-order valence-corrected chi connectivity index (χ0v) is 11.5. The third-order valence-corrected chi connectivity index (χ3v) is 3.26. The fourth-order valence-corrected chi connectivity index (χ4v) is 2.20. The summed E-state index contributed by atoms with van der Waals surface area (Å²) >= 11 is 1.57. The van der Waals surface area contributed by atoms with E-state index in [1.54, 1.807) is 18.7 Å². The van der Waals surface area contributed by atoms with Crippen molar-refractivity contribution in [3.05, 3.63) is 30.0 Å². The van der Waals surface area contributed by atoms with Crippen LogP contribution in [-0.4, -0.2) is 23.8 Å². The van der Waals surface area contributed by atoms with Crippen molar-refractivity contribution in [1.82, 2.24) is 4.98 Å². The van der Waals surface area contributed by atoms with Gasteiger partial charge in [-0.3, -0.25) is 0 Å². The van der Waals surface area contributed by atoms with Gasteiger partial charge in [-0.05, 0) is 25.3 Å². The second kappa shape index (κ2) is 5.79. The Bertz CT molecular complexity index is 595. The molecule has 2 aromatic rings. The monoisotopic (exact) mass is 278 g/mol. The number of anilines is 1. The molecule has 0 saturated carbocycles. The van der Waals surface area contributed by atoms with Gasteiger partial charge < -0.3 is 14.9 Å². The lowest BCUT2D eigenvalue weighted by molar-refractivity contribution is 0.0521. The van der Waals surface area contributed by atoms with Crippen LogP contribution in [0.15, 0.2) is 33.6 Å². The lowest BCUT2D eigenvalue weighted by Crippen LogP contribution is -2.07. The molecule has 1 aromatic carbocycles. The van der Waals surface area contributed by atoms with Crippen LogP contribution < -0.4 is 5.73 Å². The summed E-state index contributed by atoms with van der Waals surface area (Å²) in [5.74, 6) is -0.272. The third kappa shape index (κ3) is 2.73. The van der Waals surface area contributed by atoms with Gasteiger partial charge in [0.1, 0.15) is 0 Å². The van der Waals surface area contributed by atoms with Crippen LogP contribution in [0.1, 0.15) is 17.4 Å². The van der Waals surface area contributed by atoms with E-state index in [1.165, 1.54) is 0 Å². The summed E-state index contributed by atoms with van der Waals surface area (Å²) in [4.78, 5) is 16.8. The Morgan fingerprint density at radius 3 is 2.89 bits per heavy atom. The molecule has 2 rings (SSSR count). The quantitative estimate of drug-likeness (QED) is 0.684. The van der Waals surface area contributed by atoms with Crippen LogP contribution in [0.4, 0.5) is 5.88 Å². The summed E-state index contributed by atoms with van der Waals surface area (Å²) in [5, 5.41) is 0. The van der Waals surface area contributed by atoms with Crippen LogP contribution >= 0.6 is 11.8 Å². The SMILES string of the molecule is CCOC(=O)c1nc(-c2ccccc2SC)oc1N. The number of nitrogens with two attached hydrogens (primary N) is 1. The Morgan fingerprint density at radius 1 is 1.47 bits per heavy atom. The van der Waals surface area contributed by atoms with Gasteiger partial charge in [0, 0.05) is 4.90 Å². The van der Waals surface area contributed by atoms with Crippen molar-refractivity contribution in [3.8, 4) is 11.5 Å². The number of carbonyl (C=O) groups is 1. The first-order valence-corrected chi connectivity index (χ1v) is 6.96. The van der Waals surface area contributed by atoms with Crippen molar-refractivity contribution in [2.75, 3.05) is 18.6 Å². The molecular weight excluding hydrogens is 264 g/mol. The molecule has 0 fully saturated rings. The molecule has 0 radical (unpaired) electrons. The van der Waals surface area contributed by atoms with Gasteiger partial charge >= 0.3 is 5.97 Å². The molecule has 0 unspecified atom stereocenters. The minimum Gasteiger partial charge on any atom is -0.461 e. The van der Waals surface area contributed by atoms with Gasteiger partial charge in [0.2, 0.25) is 17.5 Å². The Kier molecular flexibility index (Phi) is 4.11. The van der Waals surface area contributed by atoms with E-state index in [9.17, 15) is 4.79 Å². The number of hydrogen-bond acceptors (Lipinski definition) is 6. The summed E-state index contributed by atoms with van der Waals surface area (Å²) in [6, 6.07) is 7.61. The van der Waals surface area contributed by atoms with E-state index in [0.717, 1.165) is 10.5 Å². The summed E-state index contributed by atoms with van der Waals surface area (Å²) in [6.07, 6.45) is 1.96. The molecule has 0 aliphatic carbocycles. The number of aromatic nitrogens is 1. The topological polar surface area (TPSA) is 78.3 Å². The predicted molar refractivity (Wildman–Crippen MR) is 74.1 cm³/mol. The largest absolute Gasteiger partial charge is 0.461 e. The summed E-state index contributed by atoms with van der Waals surface area (Å²) in [5.41, 5.74) is 6.49. The molecular formula is C13H14N2O3S. The number of hydrogen-bond donors (Lipinski definition) is 1. The number of ether oxygens (including phenoxy) is 1. The molecule has 5 nitrogen and oxygen atoms in total. The first-order valence-electron chi connectivity index (χ1n) is 5.74. The minimum absolute atomic E-state index is 0.0211. The van der Waals surface area contributed by atoms with Crippen molar-refractivity contribution in [2.24, 2.45) is 0 Å². The number of rotatable bonds is 4. The fourth-order valence-electron chi connectivity index (χ4n) is 1.61. The maximum absolute atomic E-state index is 11.6. The zero-order valence-electron chi connectivity index (χ0n) is 10.7. The van der Waals surface area contributed by atoms with Crippen LogP contribution in [0.3, 0.4) is 0 Å².